The third-order valence-electron chi connectivity index (χ3n) is 4.08. The lowest BCUT2D eigenvalue weighted by Gasteiger charge is -2.27. The molecule has 1 fully saturated rings. The molecule has 118 valence electrons. The topological polar surface area (TPSA) is 70.4 Å². The SMILES string of the molecule is CCC(CNC(=NC)NCc1ncnn1C)N1CCCC1. The highest BCUT2D eigenvalue weighted by molar-refractivity contribution is 5.79. The molecule has 2 heterocycles. The highest BCUT2D eigenvalue weighted by Gasteiger charge is 2.20. The molecule has 2 N–H and O–H groups in total. The molecule has 21 heavy (non-hydrogen) atoms. The van der Waals surface area contributed by atoms with E-state index in [0.29, 0.717) is 12.6 Å². The molecule has 1 saturated heterocycles. The standard InChI is InChI=1S/C14H27N7/c1-4-12(21-7-5-6-8-21)9-16-14(15-2)17-10-13-18-11-19-20(13)3/h11-12H,4-10H2,1-3H3,(H2,15,16,17). The number of rotatable bonds is 6. The summed E-state index contributed by atoms with van der Waals surface area (Å²) in [5.41, 5.74) is 0. The van der Waals surface area contributed by atoms with Gasteiger partial charge in [-0.2, -0.15) is 5.10 Å². The van der Waals surface area contributed by atoms with Gasteiger partial charge in [0, 0.05) is 26.7 Å². The summed E-state index contributed by atoms with van der Waals surface area (Å²) in [4.78, 5) is 11.0. The third kappa shape index (κ3) is 4.42. The number of hydrogen-bond acceptors (Lipinski definition) is 4. The maximum Gasteiger partial charge on any atom is 0.191 e. The number of nitrogens with zero attached hydrogens (tertiary/aromatic N) is 5. The van der Waals surface area contributed by atoms with E-state index in [-0.39, 0.29) is 0 Å². The molecule has 0 spiro atoms. The second-order valence-electron chi connectivity index (χ2n) is 5.41. The van der Waals surface area contributed by atoms with Crippen LogP contribution in [-0.2, 0) is 13.6 Å². The fourth-order valence-corrected chi connectivity index (χ4v) is 2.72. The summed E-state index contributed by atoms with van der Waals surface area (Å²) in [6, 6.07) is 0.584. The van der Waals surface area contributed by atoms with Crippen molar-refractivity contribution in [2.24, 2.45) is 12.0 Å². The van der Waals surface area contributed by atoms with E-state index in [0.717, 1.165) is 24.7 Å². The van der Waals surface area contributed by atoms with Crippen molar-refractivity contribution in [3.63, 3.8) is 0 Å². The second-order valence-corrected chi connectivity index (χ2v) is 5.41. The zero-order valence-electron chi connectivity index (χ0n) is 13.3. The molecule has 1 aromatic heterocycles. The Morgan fingerprint density at radius 2 is 2.14 bits per heavy atom. The Hall–Kier alpha value is -1.63. The van der Waals surface area contributed by atoms with E-state index in [1.165, 1.54) is 25.9 Å². The minimum atomic E-state index is 0.584. The quantitative estimate of drug-likeness (QED) is 0.585. The van der Waals surface area contributed by atoms with Crippen molar-refractivity contribution < 1.29 is 0 Å². The van der Waals surface area contributed by atoms with Gasteiger partial charge < -0.3 is 10.6 Å². The molecule has 0 aliphatic carbocycles. The first kappa shape index (κ1) is 15.8. The molecule has 1 aliphatic rings. The van der Waals surface area contributed by atoms with Crippen LogP contribution in [0.2, 0.25) is 0 Å². The van der Waals surface area contributed by atoms with Crippen LogP contribution in [0.4, 0.5) is 0 Å². The summed E-state index contributed by atoms with van der Waals surface area (Å²) in [5.74, 6) is 1.71. The smallest absolute Gasteiger partial charge is 0.191 e. The predicted octanol–water partition coefficient (Wildman–Crippen LogP) is 0.355. The number of aryl methyl sites for hydroxylation is 1. The highest BCUT2D eigenvalue weighted by atomic mass is 15.3. The highest BCUT2D eigenvalue weighted by Crippen LogP contribution is 2.13. The Morgan fingerprint density at radius 3 is 2.71 bits per heavy atom. The minimum absolute atomic E-state index is 0.584. The average molecular weight is 293 g/mol. The summed E-state index contributed by atoms with van der Waals surface area (Å²) in [6.45, 7) is 6.25. The van der Waals surface area contributed by atoms with E-state index < -0.39 is 0 Å². The first-order valence-corrected chi connectivity index (χ1v) is 7.76. The van der Waals surface area contributed by atoms with Gasteiger partial charge in [0.05, 0.1) is 6.54 Å². The summed E-state index contributed by atoms with van der Waals surface area (Å²) in [6.07, 6.45) is 5.38. The zero-order chi connectivity index (χ0) is 15.1. The van der Waals surface area contributed by atoms with Gasteiger partial charge >= 0.3 is 0 Å². The molecule has 7 nitrogen and oxygen atoms in total. The lowest BCUT2D eigenvalue weighted by Crippen LogP contribution is -2.46. The van der Waals surface area contributed by atoms with Gasteiger partial charge in [0.25, 0.3) is 0 Å². The molecule has 1 aliphatic heterocycles. The summed E-state index contributed by atoms with van der Waals surface area (Å²) in [5, 5.41) is 10.8. The van der Waals surface area contributed by atoms with Crippen molar-refractivity contribution in [3.8, 4) is 0 Å². The molecular formula is C14H27N7. The van der Waals surface area contributed by atoms with Crippen LogP contribution in [0.1, 0.15) is 32.0 Å². The van der Waals surface area contributed by atoms with E-state index in [4.69, 9.17) is 0 Å². The Labute approximate surface area is 126 Å². The fourth-order valence-electron chi connectivity index (χ4n) is 2.72. The average Bonchev–Trinajstić information content (AvgIpc) is 3.15. The lowest BCUT2D eigenvalue weighted by atomic mass is 10.2. The van der Waals surface area contributed by atoms with Gasteiger partial charge in [-0.25, -0.2) is 4.98 Å². The number of aromatic nitrogens is 3. The molecule has 0 bridgehead atoms. The van der Waals surface area contributed by atoms with Crippen LogP contribution >= 0.6 is 0 Å². The van der Waals surface area contributed by atoms with Crippen molar-refractivity contribution in [1.82, 2.24) is 30.3 Å². The molecule has 1 unspecified atom stereocenters. The van der Waals surface area contributed by atoms with Crippen molar-refractivity contribution in [2.45, 2.75) is 38.8 Å². The van der Waals surface area contributed by atoms with Gasteiger partial charge in [-0.15, -0.1) is 0 Å². The van der Waals surface area contributed by atoms with Gasteiger partial charge in [0.1, 0.15) is 12.2 Å². The van der Waals surface area contributed by atoms with Gasteiger partial charge in [0.2, 0.25) is 0 Å². The van der Waals surface area contributed by atoms with Crippen molar-refractivity contribution in [1.29, 1.82) is 0 Å². The Morgan fingerprint density at radius 1 is 1.38 bits per heavy atom. The van der Waals surface area contributed by atoms with E-state index in [1.54, 1.807) is 18.1 Å². The van der Waals surface area contributed by atoms with Crippen LogP contribution in [0.25, 0.3) is 0 Å². The zero-order valence-corrected chi connectivity index (χ0v) is 13.3. The molecule has 0 amide bonds. The van der Waals surface area contributed by atoms with Gasteiger partial charge in [-0.1, -0.05) is 6.92 Å². The van der Waals surface area contributed by atoms with E-state index in [2.05, 4.69) is 37.5 Å². The van der Waals surface area contributed by atoms with E-state index in [1.807, 2.05) is 7.05 Å². The Kier molecular flexibility index (Phi) is 5.98. The van der Waals surface area contributed by atoms with Crippen LogP contribution in [-0.4, -0.2) is 58.3 Å². The normalized spacial score (nSPS) is 18.0. The predicted molar refractivity (Wildman–Crippen MR) is 84.1 cm³/mol. The van der Waals surface area contributed by atoms with E-state index in [9.17, 15) is 0 Å². The molecule has 0 radical (unpaired) electrons. The van der Waals surface area contributed by atoms with E-state index >= 15 is 0 Å². The number of guanidine groups is 1. The first-order chi connectivity index (χ1) is 10.2. The van der Waals surface area contributed by atoms with Gasteiger partial charge in [-0.3, -0.25) is 14.6 Å². The minimum Gasteiger partial charge on any atom is -0.355 e. The number of hydrogen-bond donors (Lipinski definition) is 2. The Bertz CT molecular complexity index is 448. The molecule has 0 saturated carbocycles. The monoisotopic (exact) mass is 293 g/mol. The van der Waals surface area contributed by atoms with Crippen molar-refractivity contribution in [2.75, 3.05) is 26.7 Å². The van der Waals surface area contributed by atoms with Crippen LogP contribution < -0.4 is 10.6 Å². The van der Waals surface area contributed by atoms with Crippen molar-refractivity contribution >= 4 is 5.96 Å². The molecule has 0 aromatic carbocycles. The number of likely N-dealkylation sites (tertiary alicyclic amines) is 1. The number of nitrogens with one attached hydrogen (secondary N) is 2. The van der Waals surface area contributed by atoms with Gasteiger partial charge in [-0.05, 0) is 32.4 Å². The maximum atomic E-state index is 4.27. The summed E-state index contributed by atoms with van der Waals surface area (Å²) in [7, 11) is 3.68. The van der Waals surface area contributed by atoms with Crippen LogP contribution in [0.5, 0.6) is 0 Å². The first-order valence-electron chi connectivity index (χ1n) is 7.76. The van der Waals surface area contributed by atoms with Crippen molar-refractivity contribution in [3.05, 3.63) is 12.2 Å². The van der Waals surface area contributed by atoms with Gasteiger partial charge in [0.15, 0.2) is 5.96 Å². The summed E-state index contributed by atoms with van der Waals surface area (Å²) < 4.78 is 1.76. The van der Waals surface area contributed by atoms with Crippen LogP contribution in [0, 0.1) is 0 Å². The second kappa shape index (κ2) is 7.97. The summed E-state index contributed by atoms with van der Waals surface area (Å²) >= 11 is 0. The fraction of sp³-hybridized carbons (Fsp3) is 0.786. The number of aliphatic imine (C=N–C) groups is 1. The Balaban J connectivity index is 1.77. The lowest BCUT2D eigenvalue weighted by molar-refractivity contribution is 0.236. The molecule has 2 rings (SSSR count). The molecule has 7 heteroatoms. The molecule has 1 atom stereocenters. The van der Waals surface area contributed by atoms with Crippen LogP contribution in [0.15, 0.2) is 11.3 Å². The largest absolute Gasteiger partial charge is 0.355 e. The molecular weight excluding hydrogens is 266 g/mol. The molecule has 1 aromatic rings. The maximum absolute atomic E-state index is 4.27. The van der Waals surface area contributed by atoms with Crippen LogP contribution in [0.3, 0.4) is 0 Å². The third-order valence-corrected chi connectivity index (χ3v) is 4.08.